The molecule has 39 heavy (non-hydrogen) atoms. The molecule has 206 valence electrons. The van der Waals surface area contributed by atoms with Crippen molar-refractivity contribution < 1.29 is 43.6 Å². The molecule has 1 amide bonds. The number of rotatable bonds is 8. The summed E-state index contributed by atoms with van der Waals surface area (Å²) in [5, 5.41) is 30.7. The van der Waals surface area contributed by atoms with E-state index < -0.39 is 54.2 Å². The predicted molar refractivity (Wildman–Crippen MR) is 130 cm³/mol. The van der Waals surface area contributed by atoms with Gasteiger partial charge in [0, 0.05) is 26.1 Å². The third kappa shape index (κ3) is 4.05. The fourth-order valence-corrected chi connectivity index (χ4v) is 4.87. The Balaban J connectivity index is 1.41. The van der Waals surface area contributed by atoms with Crippen LogP contribution in [-0.2, 0) is 25.5 Å². The summed E-state index contributed by atoms with van der Waals surface area (Å²) in [7, 11) is 3.04. The maximum atomic E-state index is 15.6. The third-order valence-corrected chi connectivity index (χ3v) is 6.97. The molecule has 1 aliphatic heterocycles. The Morgan fingerprint density at radius 1 is 1.28 bits per heavy atom. The van der Waals surface area contributed by atoms with E-state index in [1.54, 1.807) is 0 Å². The first-order chi connectivity index (χ1) is 18.3. The number of fused-ring (bicyclic) bond motifs is 2. The highest BCUT2D eigenvalue weighted by molar-refractivity contribution is 6.28. The van der Waals surface area contributed by atoms with Crippen molar-refractivity contribution >= 4 is 46.4 Å². The Hall–Kier alpha value is -3.92. The van der Waals surface area contributed by atoms with E-state index in [-0.39, 0.29) is 39.3 Å². The molecule has 5 rings (SSSR count). The van der Waals surface area contributed by atoms with Crippen molar-refractivity contribution in [1.82, 2.24) is 24.4 Å². The van der Waals surface area contributed by atoms with Crippen molar-refractivity contribution in [1.29, 1.82) is 0 Å². The van der Waals surface area contributed by atoms with Gasteiger partial charge >= 0.3 is 11.9 Å². The number of benzene rings is 1. The van der Waals surface area contributed by atoms with Crippen LogP contribution in [0.1, 0.15) is 22.1 Å². The van der Waals surface area contributed by atoms with E-state index in [0.29, 0.717) is 0 Å². The van der Waals surface area contributed by atoms with Crippen LogP contribution >= 0.6 is 11.6 Å². The SMILES string of the molecule is CN(C)C(=O)c1cccc(CC(OC2[C@H]3O[C@@H](n4cnc5c(N)nc(Cl)nc54)[C@@H](F)[C@@]23O)(C(=O)O)C(=O)O)c1. The van der Waals surface area contributed by atoms with Gasteiger partial charge in [0.2, 0.25) is 5.28 Å². The average Bonchev–Trinajstić information content (AvgIpc) is 3.12. The highest BCUT2D eigenvalue weighted by atomic mass is 35.5. The fraction of sp³-hybridized carbons (Fsp3) is 0.391. The lowest BCUT2D eigenvalue weighted by Gasteiger charge is -2.29. The lowest BCUT2D eigenvalue weighted by molar-refractivity contribution is -0.194. The number of imidazole rings is 1. The number of aliphatic hydroxyl groups is 1. The number of nitrogen functional groups attached to an aromatic ring is 1. The molecular weight excluding hydrogens is 543 g/mol. The molecule has 3 aromatic rings. The van der Waals surface area contributed by atoms with E-state index in [1.165, 1.54) is 43.3 Å². The Labute approximate surface area is 223 Å². The number of aromatic nitrogens is 4. The van der Waals surface area contributed by atoms with E-state index in [0.717, 1.165) is 10.9 Å². The summed E-state index contributed by atoms with van der Waals surface area (Å²) in [5.74, 6) is -4.23. The van der Waals surface area contributed by atoms with Crippen LogP contribution in [0, 0.1) is 0 Å². The zero-order valence-corrected chi connectivity index (χ0v) is 21.1. The highest BCUT2D eigenvalue weighted by Crippen LogP contribution is 2.58. The largest absolute Gasteiger partial charge is 0.479 e. The predicted octanol–water partition coefficient (Wildman–Crippen LogP) is 0.280. The van der Waals surface area contributed by atoms with Gasteiger partial charge in [-0.05, 0) is 29.3 Å². The van der Waals surface area contributed by atoms with Gasteiger partial charge in [0.1, 0.15) is 17.7 Å². The van der Waals surface area contributed by atoms with Crippen molar-refractivity contribution in [2.24, 2.45) is 0 Å². The average molecular weight is 565 g/mol. The maximum Gasteiger partial charge on any atom is 0.348 e. The Morgan fingerprint density at radius 2 is 1.97 bits per heavy atom. The molecule has 1 saturated heterocycles. The number of hydrogen-bond acceptors (Lipinski definition) is 10. The number of nitrogens with two attached hydrogens (primary N) is 1. The summed E-state index contributed by atoms with van der Waals surface area (Å²) >= 11 is 5.85. The lowest BCUT2D eigenvalue weighted by atomic mass is 9.93. The molecule has 1 saturated carbocycles. The minimum absolute atomic E-state index is 0.0279. The number of carboxylic acid groups (broad SMARTS) is 2. The molecule has 5 N–H and O–H groups in total. The van der Waals surface area contributed by atoms with Crippen LogP contribution in [0.4, 0.5) is 10.2 Å². The molecule has 0 radical (unpaired) electrons. The van der Waals surface area contributed by atoms with Gasteiger partial charge in [-0.1, -0.05) is 12.1 Å². The van der Waals surface area contributed by atoms with Crippen molar-refractivity contribution in [2.45, 2.75) is 42.2 Å². The summed E-state index contributed by atoms with van der Waals surface area (Å²) in [4.78, 5) is 49.9. The second kappa shape index (κ2) is 9.08. The molecule has 0 bridgehead atoms. The van der Waals surface area contributed by atoms with Gasteiger partial charge < -0.3 is 35.4 Å². The topological polar surface area (TPSA) is 203 Å². The summed E-state index contributed by atoms with van der Waals surface area (Å²) in [6.07, 6.45) is -6.31. The summed E-state index contributed by atoms with van der Waals surface area (Å²) in [5.41, 5.74) is 0.951. The van der Waals surface area contributed by atoms with Crippen LogP contribution in [0.5, 0.6) is 0 Å². The number of carbonyl (C=O) groups excluding carboxylic acids is 1. The third-order valence-electron chi connectivity index (χ3n) is 6.80. The van der Waals surface area contributed by atoms with Crippen LogP contribution in [0.25, 0.3) is 11.2 Å². The summed E-state index contributed by atoms with van der Waals surface area (Å²) in [6.45, 7) is 0. The molecule has 1 aliphatic carbocycles. The second-order valence-corrected chi connectivity index (χ2v) is 9.83. The van der Waals surface area contributed by atoms with Gasteiger partial charge in [-0.15, -0.1) is 0 Å². The Bertz CT molecular complexity index is 1500. The molecule has 2 fully saturated rings. The number of aliphatic carboxylic acids is 2. The number of anilines is 1. The zero-order chi connectivity index (χ0) is 28.4. The number of carboxylic acids is 2. The van der Waals surface area contributed by atoms with Crippen LogP contribution in [0.15, 0.2) is 30.6 Å². The first-order valence-electron chi connectivity index (χ1n) is 11.4. The molecule has 1 unspecified atom stereocenters. The summed E-state index contributed by atoms with van der Waals surface area (Å²) < 4.78 is 27.8. The summed E-state index contributed by atoms with van der Waals surface area (Å²) in [6, 6.07) is 5.70. The van der Waals surface area contributed by atoms with E-state index >= 15 is 4.39 Å². The molecule has 5 atom stereocenters. The van der Waals surface area contributed by atoms with Crippen LogP contribution < -0.4 is 5.73 Å². The first-order valence-corrected chi connectivity index (χ1v) is 11.8. The van der Waals surface area contributed by atoms with Gasteiger partial charge in [0.15, 0.2) is 29.5 Å². The first kappa shape index (κ1) is 26.7. The van der Waals surface area contributed by atoms with Gasteiger partial charge in [-0.2, -0.15) is 9.97 Å². The van der Waals surface area contributed by atoms with Crippen molar-refractivity contribution in [3.05, 3.63) is 47.0 Å². The highest BCUT2D eigenvalue weighted by Gasteiger charge is 2.80. The molecular formula is C23H22ClFN6O8. The van der Waals surface area contributed by atoms with E-state index in [2.05, 4.69) is 15.0 Å². The minimum Gasteiger partial charge on any atom is -0.479 e. The molecule has 3 heterocycles. The van der Waals surface area contributed by atoms with E-state index in [1.807, 2.05) is 0 Å². The number of carbonyl (C=O) groups is 3. The molecule has 1 aromatic carbocycles. The molecule has 2 aliphatic rings. The number of hydrogen-bond donors (Lipinski definition) is 4. The number of ether oxygens (including phenoxy) is 2. The molecule has 14 nitrogen and oxygen atoms in total. The zero-order valence-electron chi connectivity index (χ0n) is 20.4. The molecule has 0 spiro atoms. The number of amides is 1. The number of halogens is 2. The quantitative estimate of drug-likeness (QED) is 0.215. The van der Waals surface area contributed by atoms with Crippen LogP contribution in [-0.4, -0.2) is 101 Å². The normalized spacial score (nSPS) is 25.9. The fourth-order valence-electron chi connectivity index (χ4n) is 4.69. The second-order valence-electron chi connectivity index (χ2n) is 9.49. The van der Waals surface area contributed by atoms with E-state index in [4.69, 9.17) is 26.8 Å². The number of alkyl halides is 1. The van der Waals surface area contributed by atoms with Gasteiger partial charge in [-0.25, -0.2) is 19.0 Å². The number of nitrogens with zero attached hydrogens (tertiary/aromatic N) is 5. The molecule has 2 aromatic heterocycles. The van der Waals surface area contributed by atoms with Crippen molar-refractivity contribution in [3.8, 4) is 0 Å². The van der Waals surface area contributed by atoms with Crippen molar-refractivity contribution in [2.75, 3.05) is 19.8 Å². The van der Waals surface area contributed by atoms with Crippen LogP contribution in [0.3, 0.4) is 0 Å². The lowest BCUT2D eigenvalue weighted by Crippen LogP contribution is -2.53. The molecule has 16 heteroatoms. The standard InChI is InChI=1S/C23H22ClFN6O8/c1-30(2)17(32)10-5-3-4-9(6-10)7-22(19(33)34,20(35)36)39-14-13-23(14,37)12(25)18(38-13)31-8-27-11-15(26)28-21(24)29-16(11)31/h3-6,8,12-14,18,37H,7H2,1-2H3,(H,33,34)(H,35,36)(H2,26,28,29)/t12-,13-,14?,18-,23+/m1/s1. The smallest absolute Gasteiger partial charge is 0.348 e. The Kier molecular flexibility index (Phi) is 6.21. The monoisotopic (exact) mass is 564 g/mol. The van der Waals surface area contributed by atoms with Gasteiger partial charge in [-0.3, -0.25) is 9.36 Å². The van der Waals surface area contributed by atoms with Crippen LogP contribution in [0.2, 0.25) is 5.28 Å². The van der Waals surface area contributed by atoms with E-state index in [9.17, 15) is 29.7 Å². The van der Waals surface area contributed by atoms with Gasteiger partial charge in [0.05, 0.1) is 6.33 Å². The Morgan fingerprint density at radius 3 is 2.56 bits per heavy atom. The van der Waals surface area contributed by atoms with Crippen molar-refractivity contribution in [3.63, 3.8) is 0 Å². The van der Waals surface area contributed by atoms with Gasteiger partial charge in [0.25, 0.3) is 11.5 Å². The minimum atomic E-state index is -2.93. The maximum absolute atomic E-state index is 15.6.